The summed E-state index contributed by atoms with van der Waals surface area (Å²) in [7, 11) is 0. The number of aryl methyl sites for hydroxylation is 1. The van der Waals surface area contributed by atoms with Gasteiger partial charge in [0.25, 0.3) is 0 Å². The minimum Gasteiger partial charge on any atom is -0.376 e. The van der Waals surface area contributed by atoms with E-state index in [1.54, 1.807) is 23.5 Å². The van der Waals surface area contributed by atoms with Crippen LogP contribution in [0.2, 0.25) is 0 Å². The smallest absolute Gasteiger partial charge is 0.227 e. The van der Waals surface area contributed by atoms with Gasteiger partial charge < -0.3 is 9.64 Å². The molecule has 1 saturated heterocycles. The molecular formula is C28H27FN2O2S. The van der Waals surface area contributed by atoms with Gasteiger partial charge in [-0.15, -0.1) is 11.3 Å². The van der Waals surface area contributed by atoms with Gasteiger partial charge in [0.1, 0.15) is 5.82 Å². The van der Waals surface area contributed by atoms with Crippen LogP contribution >= 0.6 is 11.3 Å². The average molecular weight is 475 g/mol. The van der Waals surface area contributed by atoms with Gasteiger partial charge in [-0.2, -0.15) is 0 Å². The molecule has 34 heavy (non-hydrogen) atoms. The van der Waals surface area contributed by atoms with Gasteiger partial charge in [0.15, 0.2) is 0 Å². The number of rotatable bonds is 7. The van der Waals surface area contributed by atoms with Gasteiger partial charge in [-0.25, -0.2) is 9.37 Å². The second kappa shape index (κ2) is 10.0. The van der Waals surface area contributed by atoms with Crippen molar-refractivity contribution >= 4 is 28.1 Å². The number of amides is 1. The highest BCUT2D eigenvalue weighted by molar-refractivity contribution is 7.13. The lowest BCUT2D eigenvalue weighted by Gasteiger charge is -2.27. The summed E-state index contributed by atoms with van der Waals surface area (Å²) in [6, 6.07) is 18.7. The number of fused-ring (bicyclic) bond motifs is 1. The molecule has 6 heteroatoms. The number of carbonyl (C=O) groups excluding carboxylic acids is 1. The SMILES string of the molecule is Cc1ccc2cc(CN(C[C@@H]3CCCO3)C(=O)Cc3ccc(F)cc3)c(-c3cccs3)nc2c1. The van der Waals surface area contributed by atoms with Crippen LogP contribution in [0.25, 0.3) is 21.5 Å². The molecule has 4 aromatic rings. The van der Waals surface area contributed by atoms with Crippen LogP contribution in [0.1, 0.15) is 29.5 Å². The van der Waals surface area contributed by atoms with Crippen LogP contribution in [-0.4, -0.2) is 35.0 Å². The molecule has 2 aromatic heterocycles. The number of pyridine rings is 1. The molecule has 1 aliphatic heterocycles. The van der Waals surface area contributed by atoms with Crippen molar-refractivity contribution < 1.29 is 13.9 Å². The highest BCUT2D eigenvalue weighted by Gasteiger charge is 2.24. The summed E-state index contributed by atoms with van der Waals surface area (Å²) in [6.07, 6.45) is 2.23. The van der Waals surface area contributed by atoms with Gasteiger partial charge in [-0.3, -0.25) is 4.79 Å². The maximum atomic E-state index is 13.5. The van der Waals surface area contributed by atoms with Gasteiger partial charge in [0.2, 0.25) is 5.91 Å². The quantitative estimate of drug-likeness (QED) is 0.322. The van der Waals surface area contributed by atoms with Crippen molar-refractivity contribution in [1.29, 1.82) is 0 Å². The summed E-state index contributed by atoms with van der Waals surface area (Å²) < 4.78 is 19.2. The molecule has 0 unspecified atom stereocenters. The number of hydrogen-bond acceptors (Lipinski definition) is 4. The first-order valence-electron chi connectivity index (χ1n) is 11.6. The molecule has 0 bridgehead atoms. The molecule has 0 N–H and O–H groups in total. The minimum absolute atomic E-state index is 0.00300. The summed E-state index contributed by atoms with van der Waals surface area (Å²) in [6.45, 7) is 3.79. The van der Waals surface area contributed by atoms with E-state index in [1.807, 2.05) is 16.3 Å². The first-order chi connectivity index (χ1) is 16.5. The van der Waals surface area contributed by atoms with E-state index in [4.69, 9.17) is 9.72 Å². The molecule has 1 atom stereocenters. The average Bonchev–Trinajstić information content (AvgIpc) is 3.54. The summed E-state index contributed by atoms with van der Waals surface area (Å²) in [4.78, 5) is 21.4. The van der Waals surface area contributed by atoms with E-state index in [9.17, 15) is 9.18 Å². The maximum absolute atomic E-state index is 13.5. The summed E-state index contributed by atoms with van der Waals surface area (Å²) in [5.74, 6) is -0.297. The van der Waals surface area contributed by atoms with E-state index in [0.29, 0.717) is 13.1 Å². The Morgan fingerprint density at radius 3 is 2.76 bits per heavy atom. The number of hydrogen-bond donors (Lipinski definition) is 0. The normalized spacial score (nSPS) is 15.6. The van der Waals surface area contributed by atoms with E-state index in [-0.39, 0.29) is 24.2 Å². The minimum atomic E-state index is -0.300. The monoisotopic (exact) mass is 474 g/mol. The zero-order chi connectivity index (χ0) is 23.5. The van der Waals surface area contributed by atoms with Crippen LogP contribution in [0.15, 0.2) is 66.0 Å². The van der Waals surface area contributed by atoms with Crippen LogP contribution in [0.4, 0.5) is 4.39 Å². The van der Waals surface area contributed by atoms with Crippen LogP contribution in [-0.2, 0) is 22.5 Å². The fourth-order valence-electron chi connectivity index (χ4n) is 4.45. The fourth-order valence-corrected chi connectivity index (χ4v) is 5.20. The van der Waals surface area contributed by atoms with Gasteiger partial charge in [-0.05, 0) is 72.2 Å². The number of ether oxygens (including phenoxy) is 1. The molecule has 1 aliphatic rings. The van der Waals surface area contributed by atoms with Crippen molar-refractivity contribution in [2.24, 2.45) is 0 Å². The lowest BCUT2D eigenvalue weighted by molar-refractivity contribution is -0.132. The molecule has 1 amide bonds. The lowest BCUT2D eigenvalue weighted by Crippen LogP contribution is -2.38. The van der Waals surface area contributed by atoms with Gasteiger partial charge in [0, 0.05) is 25.1 Å². The van der Waals surface area contributed by atoms with Gasteiger partial charge >= 0.3 is 0 Å². The molecule has 0 radical (unpaired) electrons. The highest BCUT2D eigenvalue weighted by Crippen LogP contribution is 2.31. The van der Waals surface area contributed by atoms with Crippen molar-refractivity contribution in [1.82, 2.24) is 9.88 Å². The Bertz CT molecular complexity index is 1280. The molecule has 1 fully saturated rings. The summed E-state index contributed by atoms with van der Waals surface area (Å²) in [5.41, 5.74) is 4.86. The molecule has 174 valence electrons. The predicted octanol–water partition coefficient (Wildman–Crippen LogP) is 6.16. The Hall–Kier alpha value is -3.09. The first-order valence-corrected chi connectivity index (χ1v) is 12.5. The third kappa shape index (κ3) is 5.18. The van der Waals surface area contributed by atoms with Crippen molar-refractivity contribution in [2.75, 3.05) is 13.2 Å². The number of aromatic nitrogens is 1. The van der Waals surface area contributed by atoms with E-state index < -0.39 is 0 Å². The Kier molecular flexibility index (Phi) is 6.70. The molecule has 0 saturated carbocycles. The largest absolute Gasteiger partial charge is 0.376 e. The summed E-state index contributed by atoms with van der Waals surface area (Å²) in [5, 5.41) is 3.11. The van der Waals surface area contributed by atoms with Crippen LogP contribution in [0.3, 0.4) is 0 Å². The Labute approximate surface area is 203 Å². The number of thiophene rings is 1. The van der Waals surface area contributed by atoms with Gasteiger partial charge in [-0.1, -0.05) is 30.3 Å². The topological polar surface area (TPSA) is 42.4 Å². The van der Waals surface area contributed by atoms with Gasteiger partial charge in [0.05, 0.1) is 28.6 Å². The van der Waals surface area contributed by atoms with E-state index in [2.05, 4.69) is 37.3 Å². The van der Waals surface area contributed by atoms with Crippen molar-refractivity contribution in [3.8, 4) is 10.6 Å². The van der Waals surface area contributed by atoms with Crippen molar-refractivity contribution in [2.45, 2.75) is 38.8 Å². The number of benzene rings is 2. The third-order valence-electron chi connectivity index (χ3n) is 6.24. The van der Waals surface area contributed by atoms with Crippen LogP contribution in [0, 0.1) is 12.7 Å². The molecule has 0 spiro atoms. The van der Waals surface area contributed by atoms with E-state index >= 15 is 0 Å². The lowest BCUT2D eigenvalue weighted by atomic mass is 10.0. The van der Waals surface area contributed by atoms with Crippen LogP contribution in [0.5, 0.6) is 0 Å². The number of carbonyl (C=O) groups is 1. The molecule has 3 heterocycles. The summed E-state index contributed by atoms with van der Waals surface area (Å²) >= 11 is 1.65. The number of halogens is 1. The molecular weight excluding hydrogens is 447 g/mol. The molecule has 5 rings (SSSR count). The zero-order valence-corrected chi connectivity index (χ0v) is 20.0. The predicted molar refractivity (Wildman–Crippen MR) is 134 cm³/mol. The Balaban J connectivity index is 1.49. The van der Waals surface area contributed by atoms with E-state index in [0.717, 1.165) is 52.0 Å². The van der Waals surface area contributed by atoms with E-state index in [1.165, 1.54) is 17.7 Å². The maximum Gasteiger partial charge on any atom is 0.227 e. The van der Waals surface area contributed by atoms with Crippen molar-refractivity contribution in [3.05, 3.63) is 88.6 Å². The standard InChI is InChI=1S/C28H27FN2O2S/c1-19-6-9-21-16-22(28(30-25(21)14-19)26-5-3-13-34-26)17-31(18-24-4-2-12-33-24)27(32)15-20-7-10-23(29)11-8-20/h3,5-11,13-14,16,24H,2,4,12,15,17-18H2,1H3/t24-/m0/s1. The molecule has 4 nitrogen and oxygen atoms in total. The Morgan fingerprint density at radius 1 is 1.18 bits per heavy atom. The first kappa shape index (κ1) is 22.7. The fraction of sp³-hybridized carbons (Fsp3) is 0.286. The third-order valence-corrected chi connectivity index (χ3v) is 7.11. The second-order valence-electron chi connectivity index (χ2n) is 8.88. The van der Waals surface area contributed by atoms with Crippen LogP contribution < -0.4 is 0 Å². The van der Waals surface area contributed by atoms with Crippen molar-refractivity contribution in [3.63, 3.8) is 0 Å². The molecule has 0 aliphatic carbocycles. The highest BCUT2D eigenvalue weighted by atomic mass is 32.1. The second-order valence-corrected chi connectivity index (χ2v) is 9.83. The molecule has 2 aromatic carbocycles. The number of nitrogens with zero attached hydrogens (tertiary/aromatic N) is 2. The zero-order valence-electron chi connectivity index (χ0n) is 19.2. The Morgan fingerprint density at radius 2 is 2.03 bits per heavy atom.